The Morgan fingerprint density at radius 2 is 2.11 bits per heavy atom. The van der Waals surface area contributed by atoms with E-state index in [0.717, 1.165) is 13.0 Å². The molecule has 1 saturated heterocycles. The van der Waals surface area contributed by atoms with Crippen LogP contribution in [0.5, 0.6) is 0 Å². The number of piperidine rings is 1. The topological polar surface area (TPSA) is 27.0 Å². The van der Waals surface area contributed by atoms with E-state index in [1.165, 1.54) is 24.9 Å². The number of hydrogen-bond acceptors (Lipinski definition) is 2. The van der Waals surface area contributed by atoms with Gasteiger partial charge in [0.25, 0.3) is 0 Å². The number of nitriles is 1. The second-order valence-corrected chi connectivity index (χ2v) is 5.20. The molecular formula is C16H22N2. The largest absolute Gasteiger partial charge is 0.296 e. The van der Waals surface area contributed by atoms with Gasteiger partial charge in [-0.2, -0.15) is 5.26 Å². The Balaban J connectivity index is 2.04. The maximum absolute atomic E-state index is 8.94. The molecule has 0 bridgehead atoms. The summed E-state index contributed by atoms with van der Waals surface area (Å²) >= 11 is 0. The minimum Gasteiger partial charge on any atom is -0.296 e. The summed E-state index contributed by atoms with van der Waals surface area (Å²) in [5, 5.41) is 8.94. The van der Waals surface area contributed by atoms with E-state index in [9.17, 15) is 0 Å². The quantitative estimate of drug-likeness (QED) is 0.806. The highest BCUT2D eigenvalue weighted by molar-refractivity contribution is 5.14. The lowest BCUT2D eigenvalue weighted by molar-refractivity contribution is 0.0839. The summed E-state index contributed by atoms with van der Waals surface area (Å²) in [6, 6.07) is 13.6. The first kappa shape index (κ1) is 13.1. The third-order valence-corrected chi connectivity index (χ3v) is 4.03. The highest BCUT2D eigenvalue weighted by Gasteiger charge is 2.29. The molecular weight excluding hydrogens is 220 g/mol. The molecule has 2 heteroatoms. The Labute approximate surface area is 110 Å². The van der Waals surface area contributed by atoms with Gasteiger partial charge in [0, 0.05) is 19.0 Å². The van der Waals surface area contributed by atoms with E-state index in [0.29, 0.717) is 18.4 Å². The number of benzene rings is 1. The Hall–Kier alpha value is -1.33. The molecule has 2 unspecified atom stereocenters. The van der Waals surface area contributed by atoms with Crippen LogP contribution in [-0.4, -0.2) is 17.5 Å². The van der Waals surface area contributed by atoms with Crippen molar-refractivity contribution in [2.24, 2.45) is 5.92 Å². The minimum absolute atomic E-state index is 0.567. The fraction of sp³-hybridized carbons (Fsp3) is 0.562. The Kier molecular flexibility index (Phi) is 4.78. The molecule has 0 radical (unpaired) electrons. The predicted molar refractivity (Wildman–Crippen MR) is 73.9 cm³/mol. The molecule has 0 N–H and O–H groups in total. The molecule has 2 atom stereocenters. The van der Waals surface area contributed by atoms with E-state index < -0.39 is 0 Å². The normalized spacial score (nSPS) is 24.7. The molecule has 1 aliphatic rings. The zero-order valence-electron chi connectivity index (χ0n) is 11.2. The van der Waals surface area contributed by atoms with Crippen LogP contribution in [0.25, 0.3) is 0 Å². The first-order valence-corrected chi connectivity index (χ1v) is 7.00. The van der Waals surface area contributed by atoms with E-state index in [-0.39, 0.29) is 0 Å². The molecule has 0 aliphatic carbocycles. The summed E-state index contributed by atoms with van der Waals surface area (Å²) in [5.41, 5.74) is 1.38. The van der Waals surface area contributed by atoms with Crippen LogP contribution in [0.1, 0.15) is 38.2 Å². The average Bonchev–Trinajstić information content (AvgIpc) is 2.41. The Morgan fingerprint density at radius 3 is 2.78 bits per heavy atom. The second-order valence-electron chi connectivity index (χ2n) is 5.20. The lowest BCUT2D eigenvalue weighted by Crippen LogP contribution is -2.44. The summed E-state index contributed by atoms with van der Waals surface area (Å²) in [6.07, 6.45) is 4.32. The van der Waals surface area contributed by atoms with Crippen molar-refractivity contribution in [2.45, 2.75) is 45.2 Å². The third-order valence-electron chi connectivity index (χ3n) is 4.03. The fourth-order valence-electron chi connectivity index (χ4n) is 3.17. The number of rotatable bonds is 4. The summed E-state index contributed by atoms with van der Waals surface area (Å²) < 4.78 is 0. The SMILES string of the molecule is CCC1C(CC#N)CCCN1Cc1ccccc1. The van der Waals surface area contributed by atoms with Crippen LogP contribution in [0.3, 0.4) is 0 Å². The maximum atomic E-state index is 8.94. The molecule has 2 rings (SSSR count). The van der Waals surface area contributed by atoms with Crippen molar-refractivity contribution < 1.29 is 0 Å². The molecule has 18 heavy (non-hydrogen) atoms. The predicted octanol–water partition coefficient (Wildman–Crippen LogP) is 3.59. The van der Waals surface area contributed by atoms with Gasteiger partial charge in [-0.15, -0.1) is 0 Å². The Morgan fingerprint density at radius 1 is 1.33 bits per heavy atom. The van der Waals surface area contributed by atoms with Crippen molar-refractivity contribution in [1.29, 1.82) is 5.26 Å². The third kappa shape index (κ3) is 3.11. The van der Waals surface area contributed by atoms with Gasteiger partial charge in [-0.3, -0.25) is 4.90 Å². The van der Waals surface area contributed by atoms with Gasteiger partial charge in [0.2, 0.25) is 0 Å². The van der Waals surface area contributed by atoms with Crippen LogP contribution in [-0.2, 0) is 6.54 Å². The second kappa shape index (κ2) is 6.56. The molecule has 1 fully saturated rings. The highest BCUT2D eigenvalue weighted by Crippen LogP contribution is 2.29. The zero-order chi connectivity index (χ0) is 12.8. The number of nitrogens with zero attached hydrogens (tertiary/aromatic N) is 2. The summed E-state index contributed by atoms with van der Waals surface area (Å²) in [4.78, 5) is 2.57. The van der Waals surface area contributed by atoms with Gasteiger partial charge in [-0.1, -0.05) is 37.3 Å². The van der Waals surface area contributed by atoms with E-state index in [2.05, 4.69) is 48.2 Å². The van der Waals surface area contributed by atoms with Gasteiger partial charge in [0.1, 0.15) is 0 Å². The lowest BCUT2D eigenvalue weighted by Gasteiger charge is -2.40. The van der Waals surface area contributed by atoms with Crippen LogP contribution >= 0.6 is 0 Å². The van der Waals surface area contributed by atoms with E-state index in [1.54, 1.807) is 0 Å². The van der Waals surface area contributed by atoms with Crippen LogP contribution in [0.15, 0.2) is 30.3 Å². The molecule has 0 saturated carbocycles. The van der Waals surface area contributed by atoms with Gasteiger partial charge in [-0.05, 0) is 37.3 Å². The van der Waals surface area contributed by atoms with Gasteiger partial charge >= 0.3 is 0 Å². The molecule has 2 nitrogen and oxygen atoms in total. The van der Waals surface area contributed by atoms with Gasteiger partial charge in [-0.25, -0.2) is 0 Å². The van der Waals surface area contributed by atoms with Crippen LogP contribution in [0.4, 0.5) is 0 Å². The summed E-state index contributed by atoms with van der Waals surface area (Å²) in [7, 11) is 0. The van der Waals surface area contributed by atoms with Crippen LogP contribution in [0.2, 0.25) is 0 Å². The first-order chi connectivity index (χ1) is 8.85. The molecule has 1 heterocycles. The Bertz CT molecular complexity index is 393. The van der Waals surface area contributed by atoms with E-state index in [1.807, 2.05) is 0 Å². The number of likely N-dealkylation sites (tertiary alicyclic amines) is 1. The number of hydrogen-bond donors (Lipinski definition) is 0. The molecule has 0 amide bonds. The van der Waals surface area contributed by atoms with Crippen molar-refractivity contribution in [1.82, 2.24) is 4.90 Å². The highest BCUT2D eigenvalue weighted by atomic mass is 15.2. The van der Waals surface area contributed by atoms with E-state index in [4.69, 9.17) is 5.26 Å². The van der Waals surface area contributed by atoms with Gasteiger partial charge in [0.05, 0.1) is 6.07 Å². The smallest absolute Gasteiger partial charge is 0.0625 e. The zero-order valence-corrected chi connectivity index (χ0v) is 11.2. The molecule has 0 spiro atoms. The monoisotopic (exact) mass is 242 g/mol. The molecule has 1 aromatic carbocycles. The average molecular weight is 242 g/mol. The molecule has 1 aliphatic heterocycles. The molecule has 0 aromatic heterocycles. The summed E-state index contributed by atoms with van der Waals surface area (Å²) in [6.45, 7) is 4.45. The fourth-order valence-corrected chi connectivity index (χ4v) is 3.17. The van der Waals surface area contributed by atoms with Gasteiger partial charge in [0.15, 0.2) is 0 Å². The molecule has 1 aromatic rings. The van der Waals surface area contributed by atoms with Crippen molar-refractivity contribution >= 4 is 0 Å². The lowest BCUT2D eigenvalue weighted by atomic mass is 9.85. The first-order valence-electron chi connectivity index (χ1n) is 7.00. The standard InChI is InChI=1S/C16H22N2/c1-2-16-15(10-11-17)9-6-12-18(16)13-14-7-4-3-5-8-14/h3-5,7-8,15-16H,2,6,9-10,12-13H2,1H3. The van der Waals surface area contributed by atoms with Crippen molar-refractivity contribution in [2.75, 3.05) is 6.54 Å². The van der Waals surface area contributed by atoms with Crippen molar-refractivity contribution in [3.63, 3.8) is 0 Å². The minimum atomic E-state index is 0.567. The molecule has 96 valence electrons. The van der Waals surface area contributed by atoms with E-state index >= 15 is 0 Å². The van der Waals surface area contributed by atoms with Crippen LogP contribution < -0.4 is 0 Å². The van der Waals surface area contributed by atoms with Crippen molar-refractivity contribution in [3.8, 4) is 6.07 Å². The maximum Gasteiger partial charge on any atom is 0.0625 e. The van der Waals surface area contributed by atoms with Crippen molar-refractivity contribution in [3.05, 3.63) is 35.9 Å². The summed E-state index contributed by atoms with van der Waals surface area (Å²) in [5.74, 6) is 0.567. The van der Waals surface area contributed by atoms with Gasteiger partial charge < -0.3 is 0 Å². The van der Waals surface area contributed by atoms with Crippen LogP contribution in [0, 0.1) is 17.2 Å².